The standard InChI is InChI=1S/C13H20BrClN2O2S/c1-2-3-4-5-6-7-8-17-20(18,19)12-9-11(14)10-16-13(12)15/h9-10,17H,2-8H2,1H3. The summed E-state index contributed by atoms with van der Waals surface area (Å²) < 4.78 is 27.3. The van der Waals surface area contributed by atoms with Crippen molar-refractivity contribution in [3.05, 3.63) is 21.9 Å². The van der Waals surface area contributed by atoms with Gasteiger partial charge in [-0.25, -0.2) is 18.1 Å². The number of nitrogens with zero attached hydrogens (tertiary/aromatic N) is 1. The molecule has 0 aliphatic carbocycles. The zero-order valence-corrected chi connectivity index (χ0v) is 14.7. The van der Waals surface area contributed by atoms with Crippen LogP contribution in [0, 0.1) is 0 Å². The minimum atomic E-state index is -3.59. The summed E-state index contributed by atoms with van der Waals surface area (Å²) >= 11 is 9.02. The topological polar surface area (TPSA) is 59.1 Å². The number of aromatic nitrogens is 1. The Hall–Kier alpha value is -0.170. The molecule has 0 saturated carbocycles. The molecular weight excluding hydrogens is 364 g/mol. The molecule has 0 spiro atoms. The first-order chi connectivity index (χ1) is 9.47. The largest absolute Gasteiger partial charge is 0.243 e. The van der Waals surface area contributed by atoms with Gasteiger partial charge in [0.2, 0.25) is 10.0 Å². The molecule has 0 aliphatic heterocycles. The van der Waals surface area contributed by atoms with Crippen LogP contribution in [0.25, 0.3) is 0 Å². The number of hydrogen-bond donors (Lipinski definition) is 1. The van der Waals surface area contributed by atoms with Gasteiger partial charge in [0, 0.05) is 17.2 Å². The molecule has 4 nitrogen and oxygen atoms in total. The van der Waals surface area contributed by atoms with Crippen LogP contribution in [0.15, 0.2) is 21.6 Å². The lowest BCUT2D eigenvalue weighted by Crippen LogP contribution is -2.25. The third-order valence-electron chi connectivity index (χ3n) is 2.89. The van der Waals surface area contributed by atoms with Gasteiger partial charge >= 0.3 is 0 Å². The van der Waals surface area contributed by atoms with Gasteiger partial charge in [-0.2, -0.15) is 0 Å². The summed E-state index contributed by atoms with van der Waals surface area (Å²) in [6, 6.07) is 1.46. The van der Waals surface area contributed by atoms with Crippen molar-refractivity contribution in [1.82, 2.24) is 9.71 Å². The predicted molar refractivity (Wildman–Crippen MR) is 85.5 cm³/mol. The minimum absolute atomic E-state index is 0.0105. The van der Waals surface area contributed by atoms with Crippen LogP contribution in [0.5, 0.6) is 0 Å². The summed E-state index contributed by atoms with van der Waals surface area (Å²) in [6.45, 7) is 2.60. The maximum Gasteiger partial charge on any atom is 0.243 e. The van der Waals surface area contributed by atoms with Crippen molar-refractivity contribution in [3.63, 3.8) is 0 Å². The van der Waals surface area contributed by atoms with Crippen LogP contribution >= 0.6 is 27.5 Å². The van der Waals surface area contributed by atoms with Crippen LogP contribution in [0.2, 0.25) is 5.15 Å². The van der Waals surface area contributed by atoms with Crippen molar-refractivity contribution in [2.75, 3.05) is 6.54 Å². The van der Waals surface area contributed by atoms with Gasteiger partial charge in [0.25, 0.3) is 0 Å². The highest BCUT2D eigenvalue weighted by Crippen LogP contribution is 2.22. The monoisotopic (exact) mass is 382 g/mol. The first-order valence-corrected chi connectivity index (χ1v) is 9.43. The Bertz CT molecular complexity index is 523. The first-order valence-electron chi connectivity index (χ1n) is 6.78. The Morgan fingerprint density at radius 3 is 2.60 bits per heavy atom. The third kappa shape index (κ3) is 6.08. The molecule has 0 bridgehead atoms. The Morgan fingerprint density at radius 2 is 1.90 bits per heavy atom. The average Bonchev–Trinajstić information content (AvgIpc) is 2.40. The zero-order chi connectivity index (χ0) is 15.0. The fourth-order valence-corrected chi connectivity index (χ4v) is 3.80. The number of rotatable bonds is 9. The van der Waals surface area contributed by atoms with E-state index < -0.39 is 10.0 Å². The van der Waals surface area contributed by atoms with E-state index in [1.165, 1.54) is 31.5 Å². The van der Waals surface area contributed by atoms with E-state index in [1.54, 1.807) is 0 Å². The second-order valence-electron chi connectivity index (χ2n) is 4.61. The lowest BCUT2D eigenvalue weighted by molar-refractivity contribution is 0.567. The average molecular weight is 384 g/mol. The fraction of sp³-hybridized carbons (Fsp3) is 0.615. The van der Waals surface area contributed by atoms with Crippen LogP contribution < -0.4 is 4.72 Å². The van der Waals surface area contributed by atoms with Crippen molar-refractivity contribution in [1.29, 1.82) is 0 Å². The Kier molecular flexibility index (Phi) is 8.02. The summed E-state index contributed by atoms with van der Waals surface area (Å²) in [5.41, 5.74) is 0. The minimum Gasteiger partial charge on any atom is -0.242 e. The molecule has 1 aromatic rings. The molecule has 0 amide bonds. The quantitative estimate of drug-likeness (QED) is 0.515. The molecule has 114 valence electrons. The molecule has 0 saturated heterocycles. The lowest BCUT2D eigenvalue weighted by atomic mass is 10.1. The van der Waals surface area contributed by atoms with Crippen molar-refractivity contribution >= 4 is 37.6 Å². The smallest absolute Gasteiger partial charge is 0.242 e. The van der Waals surface area contributed by atoms with Gasteiger partial charge in [-0.1, -0.05) is 50.6 Å². The van der Waals surface area contributed by atoms with Gasteiger partial charge in [0.1, 0.15) is 10.0 Å². The highest BCUT2D eigenvalue weighted by molar-refractivity contribution is 9.10. The molecule has 0 unspecified atom stereocenters. The molecule has 0 aliphatic rings. The van der Waals surface area contributed by atoms with E-state index in [2.05, 4.69) is 32.6 Å². The molecule has 20 heavy (non-hydrogen) atoms. The van der Waals surface area contributed by atoms with Crippen LogP contribution in [0.1, 0.15) is 45.4 Å². The van der Waals surface area contributed by atoms with Gasteiger partial charge in [0.15, 0.2) is 0 Å². The van der Waals surface area contributed by atoms with E-state index >= 15 is 0 Å². The highest BCUT2D eigenvalue weighted by atomic mass is 79.9. The van der Waals surface area contributed by atoms with E-state index in [-0.39, 0.29) is 10.0 Å². The molecule has 0 atom stereocenters. The van der Waals surface area contributed by atoms with Crippen molar-refractivity contribution in [2.24, 2.45) is 0 Å². The normalized spacial score (nSPS) is 11.8. The van der Waals surface area contributed by atoms with E-state index in [0.29, 0.717) is 11.0 Å². The molecule has 0 fully saturated rings. The van der Waals surface area contributed by atoms with Gasteiger partial charge in [0.05, 0.1) is 0 Å². The van der Waals surface area contributed by atoms with Crippen molar-refractivity contribution in [3.8, 4) is 0 Å². The molecule has 1 aromatic heterocycles. The summed E-state index contributed by atoms with van der Waals surface area (Å²) in [7, 11) is -3.59. The number of nitrogens with one attached hydrogen (secondary N) is 1. The molecule has 1 rings (SSSR count). The number of halogens is 2. The number of pyridine rings is 1. The fourth-order valence-electron chi connectivity index (χ4n) is 1.78. The van der Waals surface area contributed by atoms with Crippen LogP contribution in [-0.2, 0) is 10.0 Å². The molecule has 0 radical (unpaired) electrons. The molecule has 1 N–H and O–H groups in total. The second kappa shape index (κ2) is 8.97. The number of hydrogen-bond acceptors (Lipinski definition) is 3. The summed E-state index contributed by atoms with van der Waals surface area (Å²) in [6.07, 6.45) is 8.15. The molecular formula is C13H20BrClN2O2S. The summed E-state index contributed by atoms with van der Waals surface area (Å²) in [4.78, 5) is 3.84. The Balaban J connectivity index is 2.44. The maximum atomic E-state index is 12.1. The van der Waals surface area contributed by atoms with Crippen LogP contribution in [0.4, 0.5) is 0 Å². The predicted octanol–water partition coefficient (Wildman–Crippen LogP) is 4.14. The van der Waals surface area contributed by atoms with Gasteiger partial charge < -0.3 is 0 Å². The lowest BCUT2D eigenvalue weighted by Gasteiger charge is -2.08. The molecule has 7 heteroatoms. The van der Waals surface area contributed by atoms with Crippen molar-refractivity contribution in [2.45, 2.75) is 50.3 Å². The molecule has 1 heterocycles. The van der Waals surface area contributed by atoms with E-state index in [9.17, 15) is 8.42 Å². The first kappa shape index (κ1) is 17.9. The second-order valence-corrected chi connectivity index (χ2v) is 7.62. The van der Waals surface area contributed by atoms with E-state index in [4.69, 9.17) is 11.6 Å². The SMILES string of the molecule is CCCCCCCCNS(=O)(=O)c1cc(Br)cnc1Cl. The zero-order valence-electron chi connectivity index (χ0n) is 11.5. The molecule has 0 aromatic carbocycles. The van der Waals surface area contributed by atoms with Gasteiger partial charge in [-0.15, -0.1) is 0 Å². The van der Waals surface area contributed by atoms with Crippen molar-refractivity contribution < 1.29 is 8.42 Å². The Labute approximate surface area is 134 Å². The van der Waals surface area contributed by atoms with Gasteiger partial charge in [-0.3, -0.25) is 0 Å². The van der Waals surface area contributed by atoms with Gasteiger partial charge in [-0.05, 0) is 28.4 Å². The van der Waals surface area contributed by atoms with Crippen LogP contribution in [-0.4, -0.2) is 19.9 Å². The Morgan fingerprint density at radius 1 is 1.25 bits per heavy atom. The van der Waals surface area contributed by atoms with E-state index in [0.717, 1.165) is 19.3 Å². The number of sulfonamides is 1. The highest BCUT2D eigenvalue weighted by Gasteiger charge is 2.18. The third-order valence-corrected chi connectivity index (χ3v) is 5.21. The van der Waals surface area contributed by atoms with E-state index in [1.807, 2.05) is 0 Å². The number of unbranched alkanes of at least 4 members (excludes halogenated alkanes) is 5. The summed E-state index contributed by atoms with van der Waals surface area (Å²) in [5.74, 6) is 0. The maximum absolute atomic E-state index is 12.1. The summed E-state index contributed by atoms with van der Waals surface area (Å²) in [5, 5.41) is -0.0105. The van der Waals surface area contributed by atoms with Crippen LogP contribution in [0.3, 0.4) is 0 Å².